The molecular weight excluding hydrogens is 404 g/mol. The third-order valence-electron chi connectivity index (χ3n) is 5.25. The Morgan fingerprint density at radius 1 is 1.17 bits per heavy atom. The zero-order chi connectivity index (χ0) is 21.9. The first kappa shape index (κ1) is 21.7. The van der Waals surface area contributed by atoms with Crippen LogP contribution in [0.1, 0.15) is 28.9 Å². The molecule has 0 amide bonds. The Bertz CT molecular complexity index is 934. The summed E-state index contributed by atoms with van der Waals surface area (Å²) in [5, 5.41) is 14.8. The lowest BCUT2D eigenvalue weighted by Gasteiger charge is -2.49. The number of aliphatic hydroxyl groups is 1. The molecule has 0 unspecified atom stereocenters. The molecule has 8 heteroatoms. The normalized spacial score (nSPS) is 23.5. The molecular formula is C22H24N2O5S. The minimum Gasteiger partial charge on any atom is -0.497 e. The molecule has 2 aromatic carbocycles. The largest absolute Gasteiger partial charge is 0.497 e. The van der Waals surface area contributed by atoms with E-state index in [-0.39, 0.29) is 11.7 Å². The topological polar surface area (TPSA) is 88.1 Å². The summed E-state index contributed by atoms with van der Waals surface area (Å²) in [5.74, 6) is -1.91. The second-order valence-electron chi connectivity index (χ2n) is 6.91. The van der Waals surface area contributed by atoms with E-state index in [1.165, 1.54) is 11.9 Å². The van der Waals surface area contributed by atoms with Gasteiger partial charge in [-0.3, -0.25) is 4.79 Å². The van der Waals surface area contributed by atoms with E-state index < -0.39 is 29.4 Å². The second kappa shape index (κ2) is 8.81. The summed E-state index contributed by atoms with van der Waals surface area (Å²) < 4.78 is 10.4. The van der Waals surface area contributed by atoms with Crippen LogP contribution >= 0.6 is 12.2 Å². The van der Waals surface area contributed by atoms with Gasteiger partial charge in [-0.15, -0.1) is 0 Å². The first-order valence-electron chi connectivity index (χ1n) is 9.51. The second-order valence-corrected chi connectivity index (χ2v) is 7.30. The van der Waals surface area contributed by atoms with Crippen LogP contribution in [0.25, 0.3) is 0 Å². The van der Waals surface area contributed by atoms with Gasteiger partial charge in [0.2, 0.25) is 0 Å². The number of likely N-dealkylation sites (N-methyl/N-ethyl adjacent to an activating group) is 1. The molecule has 0 aliphatic carbocycles. The third kappa shape index (κ3) is 3.76. The van der Waals surface area contributed by atoms with Crippen LogP contribution in [0.3, 0.4) is 0 Å². The SMILES string of the molecule is CCOC(=O)[C@]1(O)[C@@H](C(=O)c2ccccc2)[C@H](c2ccc(OC)cc2)NC(=S)N1C. The minimum absolute atomic E-state index is 0.0502. The Labute approximate surface area is 180 Å². The van der Waals surface area contributed by atoms with E-state index in [4.69, 9.17) is 21.7 Å². The zero-order valence-corrected chi connectivity index (χ0v) is 17.8. The highest BCUT2D eigenvalue weighted by Gasteiger charge is 2.59. The summed E-state index contributed by atoms with van der Waals surface area (Å²) in [7, 11) is 3.01. The van der Waals surface area contributed by atoms with Gasteiger partial charge in [0.1, 0.15) is 11.7 Å². The number of nitrogens with zero attached hydrogens (tertiary/aromatic N) is 1. The summed E-state index contributed by atoms with van der Waals surface area (Å²) in [6.07, 6.45) is 0. The predicted octanol–water partition coefficient (Wildman–Crippen LogP) is 2.31. The van der Waals surface area contributed by atoms with E-state index in [1.54, 1.807) is 68.6 Å². The van der Waals surface area contributed by atoms with Crippen molar-refractivity contribution >= 4 is 29.1 Å². The number of esters is 1. The highest BCUT2D eigenvalue weighted by Crippen LogP contribution is 2.40. The quantitative estimate of drug-likeness (QED) is 0.412. The van der Waals surface area contributed by atoms with E-state index >= 15 is 0 Å². The van der Waals surface area contributed by atoms with Gasteiger partial charge in [-0.1, -0.05) is 42.5 Å². The Hall–Kier alpha value is -2.97. The average molecular weight is 429 g/mol. The first-order chi connectivity index (χ1) is 14.3. The first-order valence-corrected chi connectivity index (χ1v) is 9.92. The predicted molar refractivity (Wildman–Crippen MR) is 115 cm³/mol. The number of ether oxygens (including phenoxy) is 2. The van der Waals surface area contributed by atoms with Gasteiger partial charge < -0.3 is 24.8 Å². The molecule has 0 bridgehead atoms. The Morgan fingerprint density at radius 3 is 2.37 bits per heavy atom. The maximum absolute atomic E-state index is 13.6. The number of nitrogens with one attached hydrogen (secondary N) is 1. The smallest absolute Gasteiger partial charge is 0.360 e. The zero-order valence-electron chi connectivity index (χ0n) is 17.0. The number of rotatable bonds is 6. The highest BCUT2D eigenvalue weighted by molar-refractivity contribution is 7.80. The van der Waals surface area contributed by atoms with Crippen molar-refractivity contribution in [1.82, 2.24) is 10.2 Å². The van der Waals surface area contributed by atoms with Crippen LogP contribution in [0.15, 0.2) is 54.6 Å². The number of benzene rings is 2. The molecule has 0 aromatic heterocycles. The highest BCUT2D eigenvalue weighted by atomic mass is 32.1. The summed E-state index contributed by atoms with van der Waals surface area (Å²) in [6, 6.07) is 14.8. The van der Waals surface area contributed by atoms with E-state index in [0.29, 0.717) is 16.9 Å². The monoisotopic (exact) mass is 428 g/mol. The fourth-order valence-electron chi connectivity index (χ4n) is 3.61. The molecule has 1 aliphatic heterocycles. The average Bonchev–Trinajstić information content (AvgIpc) is 2.77. The van der Waals surface area contributed by atoms with E-state index in [1.807, 2.05) is 0 Å². The third-order valence-corrected chi connectivity index (χ3v) is 5.65. The maximum atomic E-state index is 13.6. The van der Waals surface area contributed by atoms with Crippen molar-refractivity contribution in [1.29, 1.82) is 0 Å². The number of carbonyl (C=O) groups excluding carboxylic acids is 2. The number of Topliss-reactive ketones (excluding diaryl/α,β-unsaturated/α-hetero) is 1. The van der Waals surface area contributed by atoms with Crippen LogP contribution in [-0.2, 0) is 9.53 Å². The van der Waals surface area contributed by atoms with Crippen LogP contribution in [0.4, 0.5) is 0 Å². The van der Waals surface area contributed by atoms with E-state index in [9.17, 15) is 14.7 Å². The molecule has 1 aliphatic rings. The van der Waals surface area contributed by atoms with Gasteiger partial charge in [0, 0.05) is 12.6 Å². The summed E-state index contributed by atoms with van der Waals surface area (Å²) in [4.78, 5) is 27.7. The van der Waals surface area contributed by atoms with Crippen molar-refractivity contribution in [3.05, 3.63) is 65.7 Å². The summed E-state index contributed by atoms with van der Waals surface area (Å²) >= 11 is 5.37. The molecule has 7 nitrogen and oxygen atoms in total. The number of ketones is 1. The van der Waals surface area contributed by atoms with Crippen molar-refractivity contribution in [3.63, 3.8) is 0 Å². The Kier molecular flexibility index (Phi) is 6.38. The molecule has 158 valence electrons. The van der Waals surface area contributed by atoms with Gasteiger partial charge in [-0.25, -0.2) is 4.79 Å². The maximum Gasteiger partial charge on any atom is 0.360 e. The van der Waals surface area contributed by atoms with Gasteiger partial charge in [0.15, 0.2) is 10.9 Å². The van der Waals surface area contributed by atoms with Gasteiger partial charge in [-0.2, -0.15) is 0 Å². The molecule has 3 atom stereocenters. The number of thiocarbonyl (C=S) groups is 1. The lowest BCUT2D eigenvalue weighted by Crippen LogP contribution is -2.70. The molecule has 1 heterocycles. The van der Waals surface area contributed by atoms with Crippen molar-refractivity contribution in [3.8, 4) is 5.75 Å². The summed E-state index contributed by atoms with van der Waals surface area (Å²) in [5.41, 5.74) is -1.24. The van der Waals surface area contributed by atoms with Gasteiger partial charge in [0.25, 0.3) is 5.72 Å². The minimum atomic E-state index is -2.28. The van der Waals surface area contributed by atoms with Crippen molar-refractivity contribution in [2.24, 2.45) is 5.92 Å². The molecule has 1 fully saturated rings. The van der Waals surface area contributed by atoms with Crippen LogP contribution in [0.5, 0.6) is 5.75 Å². The molecule has 1 saturated heterocycles. The van der Waals surface area contributed by atoms with Crippen LogP contribution in [0, 0.1) is 5.92 Å². The molecule has 0 radical (unpaired) electrons. The fraction of sp³-hybridized carbons (Fsp3) is 0.318. The van der Waals surface area contributed by atoms with E-state index in [0.717, 1.165) is 0 Å². The number of carbonyl (C=O) groups is 2. The molecule has 0 saturated carbocycles. The fourth-order valence-corrected chi connectivity index (χ4v) is 3.88. The van der Waals surface area contributed by atoms with Crippen molar-refractivity contribution in [2.45, 2.75) is 18.7 Å². The number of hydrogen-bond donors (Lipinski definition) is 2. The standard InChI is InChI=1S/C22H24N2O5S/c1-4-29-20(26)22(27)17(19(25)15-8-6-5-7-9-15)18(23-21(30)24(22)2)14-10-12-16(28-3)13-11-14/h5-13,17-18,27H,4H2,1-3H3,(H,23,30)/t17-,18+,22-/m1/s1. The van der Waals surface area contributed by atoms with Crippen molar-refractivity contribution < 1.29 is 24.2 Å². The number of hydrogen-bond acceptors (Lipinski definition) is 6. The van der Waals surface area contributed by atoms with Gasteiger partial charge >= 0.3 is 5.97 Å². The lowest BCUT2D eigenvalue weighted by molar-refractivity contribution is -0.191. The Morgan fingerprint density at radius 2 is 1.80 bits per heavy atom. The van der Waals surface area contributed by atoms with Crippen LogP contribution < -0.4 is 10.1 Å². The van der Waals surface area contributed by atoms with Crippen molar-refractivity contribution in [2.75, 3.05) is 20.8 Å². The van der Waals surface area contributed by atoms with Crippen LogP contribution in [0.2, 0.25) is 0 Å². The molecule has 30 heavy (non-hydrogen) atoms. The number of methoxy groups -OCH3 is 1. The van der Waals surface area contributed by atoms with Gasteiger partial charge in [0.05, 0.1) is 19.8 Å². The van der Waals surface area contributed by atoms with E-state index in [2.05, 4.69) is 5.32 Å². The molecule has 3 rings (SSSR count). The molecule has 2 aromatic rings. The lowest BCUT2D eigenvalue weighted by atomic mass is 9.77. The summed E-state index contributed by atoms with van der Waals surface area (Å²) in [6.45, 7) is 1.68. The van der Waals surface area contributed by atoms with Gasteiger partial charge in [-0.05, 0) is 36.8 Å². The molecule has 0 spiro atoms. The van der Waals surface area contributed by atoms with Crippen LogP contribution in [-0.4, -0.2) is 53.4 Å². The Balaban J connectivity index is 2.16. The molecule has 2 N–H and O–H groups in total.